The van der Waals surface area contributed by atoms with Crippen molar-refractivity contribution in [3.8, 4) is 5.75 Å². The number of hydrogen-bond acceptors (Lipinski definition) is 3. The van der Waals surface area contributed by atoms with Crippen LogP contribution in [0.4, 0.5) is 5.69 Å². The lowest BCUT2D eigenvalue weighted by molar-refractivity contribution is 0.250. The van der Waals surface area contributed by atoms with Gasteiger partial charge in [0.05, 0.1) is 12.8 Å². The summed E-state index contributed by atoms with van der Waals surface area (Å²) in [6, 6.07) is 7.80. The summed E-state index contributed by atoms with van der Waals surface area (Å²) in [5, 5.41) is 4.25. The summed E-state index contributed by atoms with van der Waals surface area (Å²) in [5.41, 5.74) is 1.17. The van der Waals surface area contributed by atoms with Gasteiger partial charge in [-0.2, -0.15) is 0 Å². The third kappa shape index (κ3) is 2.49. The van der Waals surface area contributed by atoms with Crippen LogP contribution in [0.5, 0.6) is 5.75 Å². The molecule has 0 saturated carbocycles. The Balaban J connectivity index is 1.95. The fourth-order valence-electron chi connectivity index (χ4n) is 3.88. The van der Waals surface area contributed by atoms with Gasteiger partial charge in [-0.15, -0.1) is 0 Å². The molecule has 0 amide bonds. The summed E-state index contributed by atoms with van der Waals surface area (Å²) in [6.07, 6.45) is 6.30. The fourth-order valence-corrected chi connectivity index (χ4v) is 4.04. The molecule has 2 fully saturated rings. The summed E-state index contributed by atoms with van der Waals surface area (Å²) in [6.45, 7) is 0. The highest BCUT2D eigenvalue weighted by molar-refractivity contribution is 6.30. The molecule has 2 heterocycles. The van der Waals surface area contributed by atoms with E-state index in [1.165, 1.54) is 37.8 Å². The van der Waals surface area contributed by atoms with Crippen LogP contribution < -0.4 is 15.0 Å². The molecular weight excluding hydrogens is 272 g/mol. The number of anilines is 1. The van der Waals surface area contributed by atoms with Gasteiger partial charge in [-0.1, -0.05) is 11.6 Å². The largest absolute Gasteiger partial charge is 0.495 e. The molecule has 1 aromatic carbocycles. The first-order valence-corrected chi connectivity index (χ1v) is 7.90. The van der Waals surface area contributed by atoms with E-state index in [1.54, 1.807) is 7.11 Å². The van der Waals surface area contributed by atoms with Crippen molar-refractivity contribution in [3.05, 3.63) is 23.2 Å². The van der Waals surface area contributed by atoms with E-state index in [0.29, 0.717) is 18.1 Å². The summed E-state index contributed by atoms with van der Waals surface area (Å²) >= 11 is 6.21. The van der Waals surface area contributed by atoms with E-state index in [1.807, 2.05) is 12.1 Å². The molecule has 0 radical (unpaired) electrons. The Morgan fingerprint density at radius 1 is 1.25 bits per heavy atom. The Hall–Kier alpha value is -0.930. The van der Waals surface area contributed by atoms with E-state index in [4.69, 9.17) is 16.3 Å². The predicted octanol–water partition coefficient (Wildman–Crippen LogP) is 3.46. The van der Waals surface area contributed by atoms with Crippen LogP contribution in [0.15, 0.2) is 18.2 Å². The lowest BCUT2D eigenvalue weighted by Gasteiger charge is -2.50. The number of piperidine rings is 2. The first-order chi connectivity index (χ1) is 9.72. The molecule has 3 nitrogen and oxygen atoms in total. The van der Waals surface area contributed by atoms with Gasteiger partial charge in [-0.25, -0.2) is 0 Å². The second kappa shape index (κ2) is 5.82. The van der Waals surface area contributed by atoms with Crippen LogP contribution >= 0.6 is 11.6 Å². The minimum atomic E-state index is 0.604. The maximum Gasteiger partial charge on any atom is 0.142 e. The van der Waals surface area contributed by atoms with E-state index < -0.39 is 0 Å². The number of ether oxygens (including phenoxy) is 1. The SMILES string of the molecule is CNC1CC2CCCC(C1)N2c1cc(Cl)ccc1OC. The molecule has 20 heavy (non-hydrogen) atoms. The number of methoxy groups -OCH3 is 1. The van der Waals surface area contributed by atoms with Crippen molar-refractivity contribution >= 4 is 17.3 Å². The normalized spacial score (nSPS) is 29.4. The van der Waals surface area contributed by atoms with Crippen LogP contribution in [0.25, 0.3) is 0 Å². The molecule has 0 spiro atoms. The average Bonchev–Trinajstić information content (AvgIpc) is 2.45. The number of halogens is 1. The molecule has 2 aliphatic rings. The first-order valence-electron chi connectivity index (χ1n) is 7.52. The lowest BCUT2D eigenvalue weighted by atomic mass is 9.81. The molecule has 3 rings (SSSR count). The van der Waals surface area contributed by atoms with Crippen LogP contribution in [-0.2, 0) is 0 Å². The van der Waals surface area contributed by atoms with Gasteiger partial charge < -0.3 is 15.0 Å². The van der Waals surface area contributed by atoms with E-state index in [9.17, 15) is 0 Å². The van der Waals surface area contributed by atoms with Gasteiger partial charge in [-0.05, 0) is 57.4 Å². The first kappa shape index (κ1) is 14.0. The highest BCUT2D eigenvalue weighted by atomic mass is 35.5. The quantitative estimate of drug-likeness (QED) is 0.924. The number of benzene rings is 1. The van der Waals surface area contributed by atoms with E-state index in [0.717, 1.165) is 10.8 Å². The van der Waals surface area contributed by atoms with Crippen LogP contribution in [0.3, 0.4) is 0 Å². The highest BCUT2D eigenvalue weighted by Crippen LogP contribution is 2.42. The number of rotatable bonds is 3. The molecular formula is C16H23ClN2O. The average molecular weight is 295 g/mol. The topological polar surface area (TPSA) is 24.5 Å². The third-order valence-corrected chi connectivity index (χ3v) is 5.04. The van der Waals surface area contributed by atoms with Gasteiger partial charge in [0.25, 0.3) is 0 Å². The Bertz CT molecular complexity index is 466. The Morgan fingerprint density at radius 3 is 2.55 bits per heavy atom. The monoisotopic (exact) mass is 294 g/mol. The van der Waals surface area contributed by atoms with Crippen LogP contribution in [0.1, 0.15) is 32.1 Å². The molecule has 2 bridgehead atoms. The Labute approximate surface area is 126 Å². The van der Waals surface area contributed by atoms with Crippen molar-refractivity contribution in [1.82, 2.24) is 5.32 Å². The standard InChI is InChI=1S/C16H23ClN2O/c1-18-12-9-13-4-3-5-14(10-12)19(13)15-8-11(17)6-7-16(15)20-2/h6-8,12-14,18H,3-5,9-10H2,1-2H3. The van der Waals surface area contributed by atoms with Gasteiger partial charge in [0.1, 0.15) is 5.75 Å². The summed E-state index contributed by atoms with van der Waals surface area (Å²) in [7, 11) is 3.82. The molecule has 0 aliphatic carbocycles. The van der Waals surface area contributed by atoms with Crippen LogP contribution in [0.2, 0.25) is 5.02 Å². The molecule has 110 valence electrons. The smallest absolute Gasteiger partial charge is 0.142 e. The summed E-state index contributed by atoms with van der Waals surface area (Å²) < 4.78 is 5.56. The van der Waals surface area contributed by atoms with Crippen molar-refractivity contribution in [2.24, 2.45) is 0 Å². The number of hydrogen-bond donors (Lipinski definition) is 1. The van der Waals surface area contributed by atoms with E-state index in [-0.39, 0.29) is 0 Å². The third-order valence-electron chi connectivity index (χ3n) is 4.80. The van der Waals surface area contributed by atoms with Gasteiger partial charge in [0, 0.05) is 23.1 Å². The van der Waals surface area contributed by atoms with Gasteiger partial charge in [-0.3, -0.25) is 0 Å². The van der Waals surface area contributed by atoms with E-state index >= 15 is 0 Å². The molecule has 4 heteroatoms. The minimum absolute atomic E-state index is 0.604. The zero-order valence-electron chi connectivity index (χ0n) is 12.2. The molecule has 2 unspecified atom stereocenters. The Kier molecular flexibility index (Phi) is 4.08. The fraction of sp³-hybridized carbons (Fsp3) is 0.625. The maximum atomic E-state index is 6.21. The highest BCUT2D eigenvalue weighted by Gasteiger charge is 2.38. The Morgan fingerprint density at radius 2 is 1.95 bits per heavy atom. The van der Waals surface area contributed by atoms with Gasteiger partial charge in [0.15, 0.2) is 0 Å². The number of fused-ring (bicyclic) bond motifs is 2. The predicted molar refractivity (Wildman–Crippen MR) is 84.0 cm³/mol. The molecule has 2 saturated heterocycles. The molecule has 1 aromatic rings. The molecule has 0 aromatic heterocycles. The summed E-state index contributed by atoms with van der Waals surface area (Å²) in [4.78, 5) is 2.57. The van der Waals surface area contributed by atoms with Gasteiger partial charge in [0.2, 0.25) is 0 Å². The molecule has 1 N–H and O–H groups in total. The van der Waals surface area contributed by atoms with Crippen molar-refractivity contribution in [2.75, 3.05) is 19.1 Å². The van der Waals surface area contributed by atoms with Crippen LogP contribution in [-0.4, -0.2) is 32.3 Å². The van der Waals surface area contributed by atoms with Crippen molar-refractivity contribution in [2.45, 2.75) is 50.2 Å². The number of nitrogens with one attached hydrogen (secondary N) is 1. The molecule has 2 atom stereocenters. The van der Waals surface area contributed by atoms with Crippen molar-refractivity contribution < 1.29 is 4.74 Å². The van der Waals surface area contributed by atoms with E-state index in [2.05, 4.69) is 23.3 Å². The van der Waals surface area contributed by atoms with Crippen molar-refractivity contribution in [1.29, 1.82) is 0 Å². The summed E-state index contributed by atoms with van der Waals surface area (Å²) in [5.74, 6) is 0.939. The maximum absolute atomic E-state index is 6.21. The second-order valence-corrected chi connectivity index (χ2v) is 6.36. The van der Waals surface area contributed by atoms with Crippen molar-refractivity contribution in [3.63, 3.8) is 0 Å². The number of nitrogens with zero attached hydrogens (tertiary/aromatic N) is 1. The molecule has 2 aliphatic heterocycles. The zero-order valence-corrected chi connectivity index (χ0v) is 13.0. The van der Waals surface area contributed by atoms with Gasteiger partial charge >= 0.3 is 0 Å². The zero-order chi connectivity index (χ0) is 14.1. The van der Waals surface area contributed by atoms with Crippen LogP contribution in [0, 0.1) is 0 Å². The lowest BCUT2D eigenvalue weighted by Crippen LogP contribution is -2.56. The second-order valence-electron chi connectivity index (χ2n) is 5.92. The minimum Gasteiger partial charge on any atom is -0.495 e.